The van der Waals surface area contributed by atoms with Crippen LogP contribution in [0.15, 0.2) is 30.5 Å². The van der Waals surface area contributed by atoms with Crippen molar-refractivity contribution in [3.8, 4) is 11.1 Å². The zero-order chi connectivity index (χ0) is 18.8. The first-order chi connectivity index (χ1) is 13.1. The number of nitrogens with zero attached hydrogens (tertiary/aromatic N) is 3. The highest BCUT2D eigenvalue weighted by Gasteiger charge is 2.35. The number of nitrogen functional groups attached to an aromatic ring is 1. The average molecular weight is 385 g/mol. The van der Waals surface area contributed by atoms with Crippen LogP contribution < -0.4 is 5.73 Å². The smallest absolute Gasteiger partial charge is 0.226 e. The summed E-state index contributed by atoms with van der Waals surface area (Å²) in [6.45, 7) is 0.796. The van der Waals surface area contributed by atoms with E-state index in [-0.39, 0.29) is 23.8 Å². The van der Waals surface area contributed by atoms with Crippen molar-refractivity contribution in [3.63, 3.8) is 0 Å². The van der Waals surface area contributed by atoms with Crippen molar-refractivity contribution in [2.75, 3.05) is 12.3 Å². The van der Waals surface area contributed by atoms with E-state index in [1.165, 1.54) is 0 Å². The fourth-order valence-corrected chi connectivity index (χ4v) is 4.53. The van der Waals surface area contributed by atoms with E-state index in [9.17, 15) is 4.79 Å². The lowest BCUT2D eigenvalue weighted by Gasteiger charge is -2.37. The summed E-state index contributed by atoms with van der Waals surface area (Å²) >= 11 is 6.05. The molecule has 5 nitrogen and oxygen atoms in total. The van der Waals surface area contributed by atoms with Gasteiger partial charge in [-0.15, -0.1) is 0 Å². The molecule has 1 amide bonds. The molecule has 1 atom stereocenters. The highest BCUT2D eigenvalue weighted by molar-refractivity contribution is 6.30. The normalized spacial score (nSPS) is 20.8. The zero-order valence-corrected chi connectivity index (χ0v) is 16.2. The molecule has 0 bridgehead atoms. The Balaban J connectivity index is 1.72. The number of aromatic nitrogens is 2. The number of anilines is 1. The van der Waals surface area contributed by atoms with Gasteiger partial charge in [0.05, 0.1) is 11.7 Å². The van der Waals surface area contributed by atoms with Crippen molar-refractivity contribution >= 4 is 23.5 Å². The number of hydrogen-bond acceptors (Lipinski definition) is 4. The summed E-state index contributed by atoms with van der Waals surface area (Å²) in [5, 5.41) is 0.687. The molecule has 4 rings (SSSR count). The molecule has 0 spiro atoms. The molecule has 2 fully saturated rings. The topological polar surface area (TPSA) is 72.1 Å². The third-order valence-electron chi connectivity index (χ3n) is 5.80. The second-order valence-corrected chi connectivity index (χ2v) is 8.00. The zero-order valence-electron chi connectivity index (χ0n) is 15.4. The van der Waals surface area contributed by atoms with Crippen LogP contribution in [0.25, 0.3) is 11.1 Å². The molecule has 2 N–H and O–H groups in total. The summed E-state index contributed by atoms with van der Waals surface area (Å²) < 4.78 is 0. The van der Waals surface area contributed by atoms with Crippen LogP contribution in [-0.2, 0) is 4.79 Å². The van der Waals surface area contributed by atoms with Crippen LogP contribution in [0.3, 0.4) is 0 Å². The number of halogens is 1. The van der Waals surface area contributed by atoms with E-state index < -0.39 is 0 Å². The van der Waals surface area contributed by atoms with Crippen molar-refractivity contribution in [3.05, 3.63) is 41.2 Å². The fourth-order valence-electron chi connectivity index (χ4n) is 4.40. The van der Waals surface area contributed by atoms with Crippen molar-refractivity contribution in [1.82, 2.24) is 14.9 Å². The number of likely N-dealkylation sites (tertiary alicyclic amines) is 1. The summed E-state index contributed by atoms with van der Waals surface area (Å²) in [5.41, 5.74) is 8.71. The maximum atomic E-state index is 13.2. The Hall–Kier alpha value is -2.14. The molecule has 142 valence electrons. The number of hydrogen-bond donors (Lipinski definition) is 1. The number of carbonyl (C=O) groups is 1. The Kier molecular flexibility index (Phi) is 5.30. The van der Waals surface area contributed by atoms with E-state index in [0.717, 1.165) is 68.3 Å². The van der Waals surface area contributed by atoms with Crippen LogP contribution in [0.2, 0.25) is 5.02 Å². The van der Waals surface area contributed by atoms with E-state index in [1.54, 1.807) is 6.20 Å². The van der Waals surface area contributed by atoms with Gasteiger partial charge in [-0.1, -0.05) is 36.6 Å². The summed E-state index contributed by atoms with van der Waals surface area (Å²) in [5.74, 6) is 0.710. The van der Waals surface area contributed by atoms with E-state index in [0.29, 0.717) is 5.02 Å². The molecular weight excluding hydrogens is 360 g/mol. The molecule has 1 aromatic heterocycles. The predicted octanol–water partition coefficient (Wildman–Crippen LogP) is 4.62. The van der Waals surface area contributed by atoms with Gasteiger partial charge in [0.15, 0.2) is 0 Å². The first-order valence-electron chi connectivity index (χ1n) is 9.82. The number of benzene rings is 1. The summed E-state index contributed by atoms with van der Waals surface area (Å²) in [7, 11) is 0. The predicted molar refractivity (Wildman–Crippen MR) is 107 cm³/mol. The third-order valence-corrected chi connectivity index (χ3v) is 6.05. The molecule has 2 heterocycles. The Morgan fingerprint density at radius 2 is 1.78 bits per heavy atom. The number of carbonyl (C=O) groups excluding carboxylic acids is 1. The lowest BCUT2D eigenvalue weighted by Crippen LogP contribution is -2.42. The minimum Gasteiger partial charge on any atom is -0.368 e. The summed E-state index contributed by atoms with van der Waals surface area (Å²) in [6.07, 6.45) is 9.16. The molecular formula is C21H25ClN4O. The summed E-state index contributed by atoms with van der Waals surface area (Å²) in [4.78, 5) is 24.1. The second kappa shape index (κ2) is 7.85. The Morgan fingerprint density at radius 3 is 2.52 bits per heavy atom. The Morgan fingerprint density at radius 1 is 1.07 bits per heavy atom. The van der Waals surface area contributed by atoms with Crippen molar-refractivity contribution < 1.29 is 4.79 Å². The molecule has 1 aliphatic carbocycles. The summed E-state index contributed by atoms with van der Waals surface area (Å²) in [6, 6.07) is 7.61. The fraction of sp³-hybridized carbons (Fsp3) is 0.476. The molecule has 27 heavy (non-hydrogen) atoms. The second-order valence-electron chi connectivity index (χ2n) is 7.56. The standard InChI is InChI=1S/C21H25ClN4O/c22-16-10-8-14(9-11-16)17-13-24-21(23)25-19(17)18-7-3-4-12-26(18)20(27)15-5-1-2-6-15/h8-11,13,15,18H,1-7,12H2,(H2,23,24,25)/t18-/m0/s1. The van der Waals surface area contributed by atoms with Crippen LogP contribution in [-0.4, -0.2) is 27.3 Å². The molecule has 0 radical (unpaired) electrons. The average Bonchev–Trinajstić information content (AvgIpc) is 3.23. The van der Waals surface area contributed by atoms with Crippen LogP contribution in [0.5, 0.6) is 0 Å². The van der Waals surface area contributed by atoms with Gasteiger partial charge in [0.1, 0.15) is 0 Å². The van der Waals surface area contributed by atoms with E-state index >= 15 is 0 Å². The Labute approximate surface area is 164 Å². The van der Waals surface area contributed by atoms with E-state index in [2.05, 4.69) is 14.9 Å². The molecule has 1 saturated heterocycles. The lowest BCUT2D eigenvalue weighted by atomic mass is 9.92. The van der Waals surface area contributed by atoms with Crippen LogP contribution in [0.1, 0.15) is 56.7 Å². The number of amides is 1. The van der Waals surface area contributed by atoms with E-state index in [1.807, 2.05) is 24.3 Å². The maximum Gasteiger partial charge on any atom is 0.226 e. The maximum absolute atomic E-state index is 13.2. The first kappa shape index (κ1) is 18.2. The van der Waals surface area contributed by atoms with E-state index in [4.69, 9.17) is 17.3 Å². The van der Waals surface area contributed by atoms with Gasteiger partial charge < -0.3 is 10.6 Å². The third kappa shape index (κ3) is 3.79. The van der Waals surface area contributed by atoms with Crippen LogP contribution in [0, 0.1) is 5.92 Å². The van der Waals surface area contributed by atoms with Crippen molar-refractivity contribution in [1.29, 1.82) is 0 Å². The molecule has 1 aromatic carbocycles. The minimum absolute atomic E-state index is 0.0390. The van der Waals surface area contributed by atoms with Gasteiger partial charge in [0.2, 0.25) is 11.9 Å². The molecule has 0 unspecified atom stereocenters. The molecule has 2 aromatic rings. The number of nitrogens with two attached hydrogens (primary N) is 1. The van der Waals surface area contributed by atoms with Gasteiger partial charge in [-0.3, -0.25) is 4.79 Å². The van der Waals surface area contributed by atoms with Gasteiger partial charge in [-0.2, -0.15) is 0 Å². The minimum atomic E-state index is -0.0390. The van der Waals surface area contributed by atoms with Crippen molar-refractivity contribution in [2.45, 2.75) is 51.0 Å². The van der Waals surface area contributed by atoms with Crippen molar-refractivity contribution in [2.24, 2.45) is 5.92 Å². The van der Waals surface area contributed by atoms with Crippen LogP contribution in [0.4, 0.5) is 5.95 Å². The first-order valence-corrected chi connectivity index (χ1v) is 10.2. The highest BCUT2D eigenvalue weighted by Crippen LogP contribution is 2.38. The highest BCUT2D eigenvalue weighted by atomic mass is 35.5. The lowest BCUT2D eigenvalue weighted by molar-refractivity contribution is -0.139. The number of piperidine rings is 1. The van der Waals surface area contributed by atoms with Gasteiger partial charge in [0.25, 0.3) is 0 Å². The number of rotatable bonds is 3. The largest absolute Gasteiger partial charge is 0.368 e. The van der Waals surface area contributed by atoms with Gasteiger partial charge in [-0.25, -0.2) is 9.97 Å². The SMILES string of the molecule is Nc1ncc(-c2ccc(Cl)cc2)c([C@@H]2CCCCN2C(=O)C2CCCC2)n1. The molecule has 6 heteroatoms. The van der Waals surface area contributed by atoms with Crippen LogP contribution >= 0.6 is 11.6 Å². The molecule has 2 aliphatic rings. The van der Waals surface area contributed by atoms with Gasteiger partial charge in [0, 0.05) is 29.2 Å². The monoisotopic (exact) mass is 384 g/mol. The van der Waals surface area contributed by atoms with Gasteiger partial charge in [-0.05, 0) is 49.8 Å². The molecule has 1 saturated carbocycles. The quantitative estimate of drug-likeness (QED) is 0.837. The molecule has 1 aliphatic heterocycles. The Bertz CT molecular complexity index is 817. The van der Waals surface area contributed by atoms with Gasteiger partial charge >= 0.3 is 0 Å².